The molecule has 17 nitrogen and oxygen atoms in total. The third-order valence-electron chi connectivity index (χ3n) is 18.4. The molecule has 0 aromatic heterocycles. The van der Waals surface area contributed by atoms with E-state index in [1.807, 2.05) is 0 Å². The zero-order chi connectivity index (χ0) is 72.3. The maximum absolute atomic E-state index is 13.1. The summed E-state index contributed by atoms with van der Waals surface area (Å²) in [4.78, 5) is 72.9. The minimum Gasteiger partial charge on any atom is -0.462 e. The van der Waals surface area contributed by atoms with E-state index in [1.54, 1.807) is 0 Å². The summed E-state index contributed by atoms with van der Waals surface area (Å²) >= 11 is 0. The van der Waals surface area contributed by atoms with Gasteiger partial charge in [-0.1, -0.05) is 357 Å². The van der Waals surface area contributed by atoms with E-state index in [0.29, 0.717) is 31.6 Å². The summed E-state index contributed by atoms with van der Waals surface area (Å²) < 4.78 is 68.6. The van der Waals surface area contributed by atoms with Crippen molar-refractivity contribution in [3.8, 4) is 0 Å². The standard InChI is InChI=1S/C79H154O17P2/c1-8-9-10-11-12-13-14-28-34-39-48-55-62-78(83)96-75(67-90-77(82)61-54-47-42-41-45-52-59-72(6)7)69-94-98(87,88)92-65-73(80)64-91-97(85,86)93-68-74(66-89-76(81)60-53-46-38-33-29-25-21-23-27-32-37-44-51-58-71(4)5)95-79(84)63-56-49-40-35-30-24-20-18-16-15-17-19-22-26-31-36-43-50-57-70(2)3/h70-75,80H,8-69H2,1-7H3,(H,85,86)(H,87,88)/t73-,74-,75-/m1/s1. The van der Waals surface area contributed by atoms with Crippen LogP contribution in [-0.2, 0) is 65.4 Å². The summed E-state index contributed by atoms with van der Waals surface area (Å²) in [6.07, 6.45) is 57.1. The quantitative estimate of drug-likeness (QED) is 0.0222. The van der Waals surface area contributed by atoms with Gasteiger partial charge in [0.1, 0.15) is 19.3 Å². The molecule has 0 aromatic carbocycles. The fraction of sp³-hybridized carbons (Fsp3) is 0.949. The van der Waals surface area contributed by atoms with E-state index in [9.17, 15) is 43.2 Å². The van der Waals surface area contributed by atoms with Gasteiger partial charge in [-0.05, 0) is 43.4 Å². The van der Waals surface area contributed by atoms with Crippen LogP contribution in [0.1, 0.15) is 408 Å². The Morgan fingerprint density at radius 1 is 0.276 bits per heavy atom. The molecule has 0 aliphatic heterocycles. The summed E-state index contributed by atoms with van der Waals surface area (Å²) in [5.41, 5.74) is 0. The molecule has 582 valence electrons. The third-order valence-corrected chi connectivity index (χ3v) is 20.3. The van der Waals surface area contributed by atoms with Crippen LogP contribution in [0.15, 0.2) is 0 Å². The summed E-state index contributed by atoms with van der Waals surface area (Å²) in [5, 5.41) is 10.6. The van der Waals surface area contributed by atoms with E-state index in [-0.39, 0.29) is 25.7 Å². The summed E-state index contributed by atoms with van der Waals surface area (Å²) in [5.74, 6) is 0.176. The van der Waals surface area contributed by atoms with Gasteiger partial charge in [0.15, 0.2) is 12.2 Å². The Labute approximate surface area is 600 Å². The van der Waals surface area contributed by atoms with Crippen LogP contribution in [0.4, 0.5) is 0 Å². The molecule has 98 heavy (non-hydrogen) atoms. The Bertz CT molecular complexity index is 1900. The zero-order valence-corrected chi connectivity index (χ0v) is 66.0. The predicted octanol–water partition coefficient (Wildman–Crippen LogP) is 23.4. The monoisotopic (exact) mass is 1440 g/mol. The fourth-order valence-corrected chi connectivity index (χ4v) is 13.7. The second-order valence-corrected chi connectivity index (χ2v) is 32.8. The highest BCUT2D eigenvalue weighted by molar-refractivity contribution is 7.47. The van der Waals surface area contributed by atoms with Crippen molar-refractivity contribution >= 4 is 39.5 Å². The third kappa shape index (κ3) is 72.4. The number of unbranched alkanes of at least 4 members (excludes halogenated alkanes) is 45. The molecule has 19 heteroatoms. The molecule has 0 aromatic rings. The van der Waals surface area contributed by atoms with E-state index >= 15 is 0 Å². The van der Waals surface area contributed by atoms with E-state index in [1.165, 1.54) is 212 Å². The normalized spacial score (nSPS) is 14.0. The van der Waals surface area contributed by atoms with E-state index in [4.69, 9.17) is 37.0 Å². The van der Waals surface area contributed by atoms with Crippen LogP contribution in [-0.4, -0.2) is 96.7 Å². The van der Waals surface area contributed by atoms with E-state index in [0.717, 1.165) is 108 Å². The second-order valence-electron chi connectivity index (χ2n) is 29.9. The van der Waals surface area contributed by atoms with Gasteiger partial charge in [0.05, 0.1) is 26.4 Å². The van der Waals surface area contributed by atoms with Crippen LogP contribution in [0.25, 0.3) is 0 Å². The van der Waals surface area contributed by atoms with Gasteiger partial charge in [-0.3, -0.25) is 37.3 Å². The fourth-order valence-electron chi connectivity index (χ4n) is 12.1. The lowest BCUT2D eigenvalue weighted by atomic mass is 10.0. The van der Waals surface area contributed by atoms with Crippen LogP contribution in [0.2, 0.25) is 0 Å². The van der Waals surface area contributed by atoms with Crippen molar-refractivity contribution in [1.29, 1.82) is 0 Å². The highest BCUT2D eigenvalue weighted by Crippen LogP contribution is 2.45. The average Bonchev–Trinajstić information content (AvgIpc) is 0.944. The molecule has 5 atom stereocenters. The lowest BCUT2D eigenvalue weighted by Crippen LogP contribution is -2.30. The second kappa shape index (κ2) is 69.4. The summed E-state index contributed by atoms with van der Waals surface area (Å²) in [6.45, 7) is 11.9. The summed E-state index contributed by atoms with van der Waals surface area (Å²) in [6, 6.07) is 0. The van der Waals surface area contributed by atoms with Crippen molar-refractivity contribution in [2.24, 2.45) is 17.8 Å². The number of carbonyl (C=O) groups is 4. The van der Waals surface area contributed by atoms with Gasteiger partial charge in [0, 0.05) is 25.7 Å². The molecule has 0 saturated heterocycles. The number of aliphatic hydroxyl groups is 1. The van der Waals surface area contributed by atoms with Gasteiger partial charge in [-0.2, -0.15) is 0 Å². The van der Waals surface area contributed by atoms with Crippen molar-refractivity contribution in [3.05, 3.63) is 0 Å². The number of esters is 4. The van der Waals surface area contributed by atoms with Crippen LogP contribution in [0, 0.1) is 17.8 Å². The molecule has 0 radical (unpaired) electrons. The molecule has 0 saturated carbocycles. The molecule has 2 unspecified atom stereocenters. The molecule has 0 rings (SSSR count). The molecule has 0 aliphatic carbocycles. The molecule has 0 spiro atoms. The molecule has 0 fully saturated rings. The van der Waals surface area contributed by atoms with Gasteiger partial charge in [0.25, 0.3) is 0 Å². The molecule has 3 N–H and O–H groups in total. The van der Waals surface area contributed by atoms with Gasteiger partial charge < -0.3 is 33.8 Å². The smallest absolute Gasteiger partial charge is 0.462 e. The maximum atomic E-state index is 13.1. The van der Waals surface area contributed by atoms with Gasteiger partial charge in [0.2, 0.25) is 0 Å². The number of carbonyl (C=O) groups excluding carboxylic acids is 4. The molecule has 0 heterocycles. The van der Waals surface area contributed by atoms with Crippen molar-refractivity contribution < 1.29 is 80.2 Å². The van der Waals surface area contributed by atoms with Crippen LogP contribution in [0.3, 0.4) is 0 Å². The first-order valence-corrected chi connectivity index (χ1v) is 43.8. The number of aliphatic hydroxyl groups excluding tert-OH is 1. The van der Waals surface area contributed by atoms with Gasteiger partial charge >= 0.3 is 39.5 Å². The number of ether oxygens (including phenoxy) is 4. The van der Waals surface area contributed by atoms with Crippen molar-refractivity contribution in [2.75, 3.05) is 39.6 Å². The summed E-state index contributed by atoms with van der Waals surface area (Å²) in [7, 11) is -9.91. The molecular formula is C79H154O17P2. The van der Waals surface area contributed by atoms with Crippen molar-refractivity contribution in [2.45, 2.75) is 426 Å². The number of rotatable bonds is 77. The Morgan fingerprint density at radius 3 is 0.694 bits per heavy atom. The maximum Gasteiger partial charge on any atom is 0.472 e. The van der Waals surface area contributed by atoms with E-state index in [2.05, 4.69) is 48.5 Å². The average molecular weight is 1440 g/mol. The Morgan fingerprint density at radius 2 is 0.469 bits per heavy atom. The molecular weight excluding hydrogens is 1280 g/mol. The van der Waals surface area contributed by atoms with Crippen LogP contribution in [0.5, 0.6) is 0 Å². The van der Waals surface area contributed by atoms with Crippen molar-refractivity contribution in [3.63, 3.8) is 0 Å². The van der Waals surface area contributed by atoms with Crippen LogP contribution >= 0.6 is 15.6 Å². The minimum absolute atomic E-state index is 0.106. The number of phosphoric acid groups is 2. The number of phosphoric ester groups is 2. The molecule has 0 amide bonds. The zero-order valence-electron chi connectivity index (χ0n) is 64.3. The SMILES string of the molecule is CCCCCCCCCCCCCCC(=O)O[C@H](COC(=O)CCCCCCCCC(C)C)COP(=O)(O)OC[C@H](O)COP(=O)(O)OC[C@@H](COC(=O)CCCCCCCCCCCCCCCC(C)C)OC(=O)CCCCCCCCCCCCCCCCCCCCC(C)C. The first-order valence-electron chi connectivity index (χ1n) is 40.8. The first kappa shape index (κ1) is 96.1. The number of hydrogen-bond acceptors (Lipinski definition) is 15. The van der Waals surface area contributed by atoms with Crippen molar-refractivity contribution in [1.82, 2.24) is 0 Å². The highest BCUT2D eigenvalue weighted by atomic mass is 31.2. The predicted molar refractivity (Wildman–Crippen MR) is 400 cm³/mol. The topological polar surface area (TPSA) is 237 Å². The number of hydrogen-bond donors (Lipinski definition) is 3. The Balaban J connectivity index is 5.20. The highest BCUT2D eigenvalue weighted by Gasteiger charge is 2.30. The van der Waals surface area contributed by atoms with Crippen LogP contribution < -0.4 is 0 Å². The molecule has 0 bridgehead atoms. The Hall–Kier alpha value is -1.94. The lowest BCUT2D eigenvalue weighted by Gasteiger charge is -2.21. The molecule has 0 aliphatic rings. The largest absolute Gasteiger partial charge is 0.472 e. The van der Waals surface area contributed by atoms with E-state index < -0.39 is 97.5 Å². The van der Waals surface area contributed by atoms with Gasteiger partial charge in [-0.15, -0.1) is 0 Å². The lowest BCUT2D eigenvalue weighted by molar-refractivity contribution is -0.161. The first-order chi connectivity index (χ1) is 47.2. The minimum atomic E-state index is -4.96. The van der Waals surface area contributed by atoms with Gasteiger partial charge in [-0.25, -0.2) is 9.13 Å². The Kier molecular flexibility index (Phi) is 68.1.